The van der Waals surface area contributed by atoms with E-state index in [1.54, 1.807) is 0 Å². The maximum absolute atomic E-state index is 12.0. The first-order valence-corrected chi connectivity index (χ1v) is 7.68. The Morgan fingerprint density at radius 1 is 1.45 bits per heavy atom. The van der Waals surface area contributed by atoms with Crippen molar-refractivity contribution in [2.45, 2.75) is 34.2 Å². The normalized spacial score (nSPS) is 12.4. The molecule has 2 aromatic heterocycles. The van der Waals surface area contributed by atoms with E-state index in [1.165, 1.54) is 11.3 Å². The molecule has 0 saturated heterocycles. The Labute approximate surface area is 123 Å². The van der Waals surface area contributed by atoms with Crippen LogP contribution in [-0.2, 0) is 6.54 Å². The fraction of sp³-hybridized carbons (Fsp3) is 0.467. The molecule has 0 aliphatic rings. The number of carbonyl (C=O) groups excluding carboxylic acids is 1. The lowest BCUT2D eigenvalue weighted by molar-refractivity contribution is 0.0950. The summed E-state index contributed by atoms with van der Waals surface area (Å²) in [5.41, 5.74) is 3.24. The van der Waals surface area contributed by atoms with Crippen molar-refractivity contribution in [2.75, 3.05) is 6.54 Å². The number of hydrogen-bond donors (Lipinski definition) is 1. The van der Waals surface area contributed by atoms with Crippen LogP contribution in [0.4, 0.5) is 0 Å². The molecule has 1 amide bonds. The fourth-order valence-electron chi connectivity index (χ4n) is 2.17. The van der Waals surface area contributed by atoms with Gasteiger partial charge in [0.2, 0.25) is 0 Å². The maximum atomic E-state index is 12.0. The average molecular weight is 291 g/mol. The van der Waals surface area contributed by atoms with Crippen LogP contribution in [0.1, 0.15) is 33.5 Å². The topological polar surface area (TPSA) is 46.9 Å². The van der Waals surface area contributed by atoms with Crippen molar-refractivity contribution in [3.8, 4) is 0 Å². The van der Waals surface area contributed by atoms with Gasteiger partial charge in [-0.1, -0.05) is 6.92 Å². The zero-order chi connectivity index (χ0) is 14.7. The molecule has 108 valence electrons. The van der Waals surface area contributed by atoms with E-state index in [0.717, 1.165) is 28.4 Å². The number of nitrogens with one attached hydrogen (secondary N) is 1. The highest BCUT2D eigenvalue weighted by Crippen LogP contribution is 2.15. The number of rotatable bonds is 5. The lowest BCUT2D eigenvalue weighted by atomic mass is 10.1. The van der Waals surface area contributed by atoms with E-state index in [4.69, 9.17) is 0 Å². The van der Waals surface area contributed by atoms with Crippen LogP contribution in [0, 0.1) is 26.7 Å². The van der Waals surface area contributed by atoms with Gasteiger partial charge in [-0.05, 0) is 49.8 Å². The molecule has 2 aromatic rings. The van der Waals surface area contributed by atoms with Gasteiger partial charge in [0.1, 0.15) is 0 Å². The number of amides is 1. The molecule has 0 bridgehead atoms. The summed E-state index contributed by atoms with van der Waals surface area (Å²) in [6.45, 7) is 9.62. The van der Waals surface area contributed by atoms with Crippen molar-refractivity contribution in [3.05, 3.63) is 39.3 Å². The third kappa shape index (κ3) is 3.48. The summed E-state index contributed by atoms with van der Waals surface area (Å²) in [7, 11) is 0. The van der Waals surface area contributed by atoms with Gasteiger partial charge in [-0.15, -0.1) is 11.3 Å². The first kappa shape index (κ1) is 14.8. The molecule has 0 unspecified atom stereocenters. The highest BCUT2D eigenvalue weighted by atomic mass is 32.1. The molecule has 0 aliphatic heterocycles. The highest BCUT2D eigenvalue weighted by molar-refractivity contribution is 7.12. The average Bonchev–Trinajstić information content (AvgIpc) is 2.93. The molecule has 0 aliphatic carbocycles. The summed E-state index contributed by atoms with van der Waals surface area (Å²) in [5, 5.41) is 9.40. The van der Waals surface area contributed by atoms with Gasteiger partial charge in [0.25, 0.3) is 5.91 Å². The van der Waals surface area contributed by atoms with Crippen molar-refractivity contribution in [1.29, 1.82) is 0 Å². The van der Waals surface area contributed by atoms with Crippen LogP contribution >= 0.6 is 11.3 Å². The molecular weight excluding hydrogens is 270 g/mol. The van der Waals surface area contributed by atoms with Crippen molar-refractivity contribution < 1.29 is 4.79 Å². The summed E-state index contributed by atoms with van der Waals surface area (Å²) in [6.07, 6.45) is 0. The Morgan fingerprint density at radius 2 is 2.20 bits per heavy atom. The first-order valence-electron chi connectivity index (χ1n) is 6.80. The lowest BCUT2D eigenvalue weighted by Crippen LogP contribution is -2.30. The zero-order valence-corrected chi connectivity index (χ0v) is 13.3. The lowest BCUT2D eigenvalue weighted by Gasteiger charge is -2.14. The van der Waals surface area contributed by atoms with Gasteiger partial charge < -0.3 is 5.32 Å². The largest absolute Gasteiger partial charge is 0.351 e. The number of aryl methyl sites for hydroxylation is 3. The van der Waals surface area contributed by atoms with E-state index >= 15 is 0 Å². The van der Waals surface area contributed by atoms with Crippen molar-refractivity contribution >= 4 is 17.2 Å². The van der Waals surface area contributed by atoms with E-state index in [9.17, 15) is 4.79 Å². The van der Waals surface area contributed by atoms with E-state index in [-0.39, 0.29) is 5.91 Å². The first-order chi connectivity index (χ1) is 9.47. The van der Waals surface area contributed by atoms with Gasteiger partial charge in [-0.3, -0.25) is 9.48 Å². The van der Waals surface area contributed by atoms with Crippen LogP contribution in [-0.4, -0.2) is 22.2 Å². The predicted molar refractivity (Wildman–Crippen MR) is 82.3 cm³/mol. The molecule has 2 rings (SSSR count). The molecule has 0 aromatic carbocycles. The number of carbonyl (C=O) groups is 1. The minimum atomic E-state index is 0.0257. The fourth-order valence-corrected chi connectivity index (χ4v) is 3.01. The van der Waals surface area contributed by atoms with Gasteiger partial charge in [0.15, 0.2) is 0 Å². The molecule has 0 radical (unpaired) electrons. The Bertz CT molecular complexity index is 600. The van der Waals surface area contributed by atoms with Gasteiger partial charge in [0, 0.05) is 18.8 Å². The summed E-state index contributed by atoms with van der Waals surface area (Å²) in [5.74, 6) is 0.370. The summed E-state index contributed by atoms with van der Waals surface area (Å²) >= 11 is 1.49. The molecule has 1 atom stereocenters. The molecule has 4 nitrogen and oxygen atoms in total. The second kappa shape index (κ2) is 6.22. The minimum absolute atomic E-state index is 0.0257. The van der Waals surface area contributed by atoms with E-state index in [1.807, 2.05) is 30.0 Å². The second-order valence-electron chi connectivity index (χ2n) is 5.36. The second-order valence-corrected chi connectivity index (χ2v) is 6.27. The smallest absolute Gasteiger partial charge is 0.261 e. The molecule has 0 spiro atoms. The molecule has 20 heavy (non-hydrogen) atoms. The molecule has 0 saturated carbocycles. The van der Waals surface area contributed by atoms with Crippen LogP contribution in [0.15, 0.2) is 17.5 Å². The zero-order valence-electron chi connectivity index (χ0n) is 12.4. The van der Waals surface area contributed by atoms with Crippen LogP contribution in [0.3, 0.4) is 0 Å². The summed E-state index contributed by atoms with van der Waals surface area (Å²) in [6, 6.07) is 4.04. The van der Waals surface area contributed by atoms with E-state index in [0.29, 0.717) is 12.5 Å². The van der Waals surface area contributed by atoms with Crippen LogP contribution in [0.25, 0.3) is 0 Å². The monoisotopic (exact) mass is 291 g/mol. The Kier molecular flexibility index (Phi) is 4.60. The number of aromatic nitrogens is 2. The molecule has 0 fully saturated rings. The highest BCUT2D eigenvalue weighted by Gasteiger charge is 2.12. The third-order valence-corrected chi connectivity index (χ3v) is 4.28. The van der Waals surface area contributed by atoms with Crippen LogP contribution < -0.4 is 5.32 Å². The number of thiophene rings is 1. The Balaban J connectivity index is 1.86. The summed E-state index contributed by atoms with van der Waals surface area (Å²) in [4.78, 5) is 12.8. The predicted octanol–water partition coefficient (Wildman–Crippen LogP) is 2.94. The number of hydrogen-bond acceptors (Lipinski definition) is 3. The minimum Gasteiger partial charge on any atom is -0.351 e. The van der Waals surface area contributed by atoms with Crippen LogP contribution in [0.5, 0.6) is 0 Å². The van der Waals surface area contributed by atoms with Gasteiger partial charge in [-0.2, -0.15) is 5.10 Å². The van der Waals surface area contributed by atoms with Crippen molar-refractivity contribution in [2.24, 2.45) is 5.92 Å². The third-order valence-electron chi connectivity index (χ3n) is 3.27. The van der Waals surface area contributed by atoms with Crippen molar-refractivity contribution in [3.63, 3.8) is 0 Å². The summed E-state index contributed by atoms with van der Waals surface area (Å²) < 4.78 is 2.00. The van der Waals surface area contributed by atoms with Gasteiger partial charge in [-0.25, -0.2) is 0 Å². The number of nitrogens with zero attached hydrogens (tertiary/aromatic N) is 2. The van der Waals surface area contributed by atoms with Crippen molar-refractivity contribution in [1.82, 2.24) is 15.1 Å². The van der Waals surface area contributed by atoms with E-state index < -0.39 is 0 Å². The Hall–Kier alpha value is -1.62. The molecular formula is C15H21N3OS. The quantitative estimate of drug-likeness (QED) is 0.920. The molecule has 2 heterocycles. The molecule has 1 N–H and O–H groups in total. The maximum Gasteiger partial charge on any atom is 0.261 e. The van der Waals surface area contributed by atoms with Crippen LogP contribution in [0.2, 0.25) is 0 Å². The SMILES string of the molecule is Cc1cc(C)n(C[C@@H](C)CNC(=O)c2sccc2C)n1. The molecule has 5 heteroatoms. The van der Waals surface area contributed by atoms with E-state index in [2.05, 4.69) is 30.3 Å². The Morgan fingerprint density at radius 3 is 2.75 bits per heavy atom. The van der Waals surface area contributed by atoms with Gasteiger partial charge in [0.05, 0.1) is 10.6 Å². The van der Waals surface area contributed by atoms with Gasteiger partial charge >= 0.3 is 0 Å². The standard InChI is InChI=1S/C15H21N3OS/c1-10(9-18-13(4)7-12(3)17-18)8-16-15(19)14-11(2)5-6-20-14/h5-7,10H,8-9H2,1-4H3,(H,16,19)/t10-/m0/s1.